The molecule has 1 aliphatic carbocycles. The number of aliphatic hydroxyl groups excluding tert-OH is 1. The van der Waals surface area contributed by atoms with Gasteiger partial charge in [0.15, 0.2) is 0 Å². The Morgan fingerprint density at radius 1 is 1.40 bits per heavy atom. The zero-order valence-electron chi connectivity index (χ0n) is 13.6. The number of benzene rings is 1. The number of para-hydroxylation sites is 1. The summed E-state index contributed by atoms with van der Waals surface area (Å²) in [5, 5.41) is 12.8. The maximum Gasteiger partial charge on any atom is 0.297 e. The standard InChI is InChI=1S/C18H19N3O4/c22-8-7-13(11-5-6-11)20-15(23)9-21-10-19-16-12-3-1-2-4-14(12)25-17(16)18(21)24/h1-4,10-11,13,22H,5-9H2,(H,20,23). The van der Waals surface area contributed by atoms with Crippen molar-refractivity contribution in [3.63, 3.8) is 0 Å². The van der Waals surface area contributed by atoms with Crippen molar-refractivity contribution in [1.82, 2.24) is 14.9 Å². The number of furan rings is 1. The summed E-state index contributed by atoms with van der Waals surface area (Å²) in [5.74, 6) is 0.175. The number of hydrogen-bond acceptors (Lipinski definition) is 5. The lowest BCUT2D eigenvalue weighted by atomic mass is 10.1. The molecule has 2 aromatic heterocycles. The third kappa shape index (κ3) is 3.02. The lowest BCUT2D eigenvalue weighted by Gasteiger charge is -2.17. The molecule has 7 heteroatoms. The third-order valence-corrected chi connectivity index (χ3v) is 4.64. The van der Waals surface area contributed by atoms with E-state index in [0.29, 0.717) is 23.4 Å². The molecule has 1 amide bonds. The summed E-state index contributed by atoms with van der Waals surface area (Å²) in [6.07, 6.45) is 4.05. The Morgan fingerprint density at radius 3 is 2.96 bits per heavy atom. The molecule has 1 fully saturated rings. The second-order valence-electron chi connectivity index (χ2n) is 6.48. The van der Waals surface area contributed by atoms with Crippen LogP contribution in [-0.2, 0) is 11.3 Å². The lowest BCUT2D eigenvalue weighted by Crippen LogP contribution is -2.40. The molecule has 7 nitrogen and oxygen atoms in total. The molecule has 3 aromatic rings. The maximum absolute atomic E-state index is 12.6. The molecular weight excluding hydrogens is 322 g/mol. The van der Waals surface area contributed by atoms with Gasteiger partial charge in [0.25, 0.3) is 5.56 Å². The Labute approximate surface area is 143 Å². The van der Waals surface area contributed by atoms with Crippen LogP contribution in [0.5, 0.6) is 0 Å². The second kappa shape index (κ2) is 6.33. The SMILES string of the molecule is O=C(Cn1cnc2c(oc3ccccc32)c1=O)NC(CCO)C1CC1. The molecule has 0 spiro atoms. The van der Waals surface area contributed by atoms with Crippen molar-refractivity contribution < 1.29 is 14.3 Å². The van der Waals surface area contributed by atoms with Crippen LogP contribution in [0.2, 0.25) is 0 Å². The van der Waals surface area contributed by atoms with Crippen molar-refractivity contribution >= 4 is 28.0 Å². The van der Waals surface area contributed by atoms with Gasteiger partial charge in [-0.1, -0.05) is 12.1 Å². The fourth-order valence-electron chi connectivity index (χ4n) is 3.20. The van der Waals surface area contributed by atoms with Gasteiger partial charge >= 0.3 is 0 Å². The molecule has 25 heavy (non-hydrogen) atoms. The molecule has 1 aromatic carbocycles. The van der Waals surface area contributed by atoms with Gasteiger partial charge in [0.1, 0.15) is 17.6 Å². The minimum Gasteiger partial charge on any atom is -0.448 e. The largest absolute Gasteiger partial charge is 0.448 e. The number of fused-ring (bicyclic) bond motifs is 3. The minimum atomic E-state index is -0.374. The number of rotatable bonds is 6. The molecular formula is C18H19N3O4. The smallest absolute Gasteiger partial charge is 0.297 e. The summed E-state index contributed by atoms with van der Waals surface area (Å²) in [4.78, 5) is 29.2. The lowest BCUT2D eigenvalue weighted by molar-refractivity contribution is -0.122. The van der Waals surface area contributed by atoms with E-state index in [1.165, 1.54) is 10.9 Å². The summed E-state index contributed by atoms with van der Waals surface area (Å²) in [5.41, 5.74) is 0.890. The molecule has 2 heterocycles. The summed E-state index contributed by atoms with van der Waals surface area (Å²) < 4.78 is 6.87. The first kappa shape index (κ1) is 15.8. The number of carbonyl (C=O) groups excluding carboxylic acids is 1. The van der Waals surface area contributed by atoms with Crippen LogP contribution in [0.25, 0.3) is 22.1 Å². The monoisotopic (exact) mass is 341 g/mol. The predicted molar refractivity (Wildman–Crippen MR) is 92.1 cm³/mol. The Hall–Kier alpha value is -2.67. The van der Waals surface area contributed by atoms with Crippen LogP contribution < -0.4 is 10.9 Å². The highest BCUT2D eigenvalue weighted by Gasteiger charge is 2.31. The van der Waals surface area contributed by atoms with Gasteiger partial charge in [0.2, 0.25) is 11.5 Å². The fourth-order valence-corrected chi connectivity index (χ4v) is 3.20. The first-order valence-corrected chi connectivity index (χ1v) is 8.44. The van der Waals surface area contributed by atoms with E-state index in [2.05, 4.69) is 10.3 Å². The van der Waals surface area contributed by atoms with Gasteiger partial charge < -0.3 is 14.8 Å². The van der Waals surface area contributed by atoms with Crippen molar-refractivity contribution in [2.24, 2.45) is 5.92 Å². The quantitative estimate of drug-likeness (QED) is 0.707. The molecule has 1 aliphatic rings. The van der Waals surface area contributed by atoms with Crippen molar-refractivity contribution in [1.29, 1.82) is 0 Å². The van der Waals surface area contributed by atoms with Gasteiger partial charge in [-0.25, -0.2) is 4.98 Å². The maximum atomic E-state index is 12.6. The molecule has 0 saturated heterocycles. The number of carbonyl (C=O) groups is 1. The van der Waals surface area contributed by atoms with E-state index in [1.54, 1.807) is 6.07 Å². The Kier molecular flexibility index (Phi) is 4.01. The highest BCUT2D eigenvalue weighted by Crippen LogP contribution is 2.33. The number of hydrogen-bond donors (Lipinski definition) is 2. The van der Waals surface area contributed by atoms with Crippen LogP contribution >= 0.6 is 0 Å². The highest BCUT2D eigenvalue weighted by molar-refractivity contribution is 6.01. The first-order valence-electron chi connectivity index (χ1n) is 8.44. The summed E-state index contributed by atoms with van der Waals surface area (Å²) in [6.45, 7) is -0.0820. The number of nitrogens with one attached hydrogen (secondary N) is 1. The Bertz CT molecular complexity index is 987. The van der Waals surface area contributed by atoms with Crippen molar-refractivity contribution in [2.75, 3.05) is 6.61 Å². The van der Waals surface area contributed by atoms with Gasteiger partial charge in [0, 0.05) is 18.0 Å². The van der Waals surface area contributed by atoms with E-state index in [1.807, 2.05) is 18.2 Å². The Balaban J connectivity index is 1.59. The van der Waals surface area contributed by atoms with Crippen molar-refractivity contribution in [2.45, 2.75) is 31.8 Å². The van der Waals surface area contributed by atoms with Crippen LogP contribution in [0.15, 0.2) is 39.8 Å². The van der Waals surface area contributed by atoms with Crippen LogP contribution in [0, 0.1) is 5.92 Å². The predicted octanol–water partition coefficient (Wildman–Crippen LogP) is 1.42. The molecule has 1 saturated carbocycles. The average molecular weight is 341 g/mol. The van der Waals surface area contributed by atoms with Gasteiger partial charge in [-0.05, 0) is 37.3 Å². The molecule has 2 N–H and O–H groups in total. The van der Waals surface area contributed by atoms with Crippen LogP contribution in [-0.4, -0.2) is 33.2 Å². The fraction of sp³-hybridized carbons (Fsp3) is 0.389. The summed E-state index contributed by atoms with van der Waals surface area (Å²) in [7, 11) is 0. The van der Waals surface area contributed by atoms with Crippen LogP contribution in [0.1, 0.15) is 19.3 Å². The van der Waals surface area contributed by atoms with Crippen LogP contribution in [0.3, 0.4) is 0 Å². The number of nitrogens with zero attached hydrogens (tertiary/aromatic N) is 2. The van der Waals surface area contributed by atoms with E-state index in [9.17, 15) is 9.59 Å². The first-order chi connectivity index (χ1) is 12.2. The normalized spacial score (nSPS) is 15.6. The Morgan fingerprint density at radius 2 is 2.20 bits per heavy atom. The topological polar surface area (TPSA) is 97.4 Å². The average Bonchev–Trinajstić information content (AvgIpc) is 3.38. The summed E-state index contributed by atoms with van der Waals surface area (Å²) >= 11 is 0. The zero-order valence-corrected chi connectivity index (χ0v) is 13.6. The number of aliphatic hydroxyl groups is 1. The van der Waals surface area contributed by atoms with Gasteiger partial charge in [-0.2, -0.15) is 0 Å². The zero-order chi connectivity index (χ0) is 17.4. The van der Waals surface area contributed by atoms with Gasteiger partial charge in [-0.15, -0.1) is 0 Å². The number of aromatic nitrogens is 2. The molecule has 4 rings (SSSR count). The third-order valence-electron chi connectivity index (χ3n) is 4.64. The molecule has 0 radical (unpaired) electrons. The van der Waals surface area contributed by atoms with Gasteiger partial charge in [0.05, 0.1) is 6.33 Å². The summed E-state index contributed by atoms with van der Waals surface area (Å²) in [6, 6.07) is 7.28. The van der Waals surface area contributed by atoms with E-state index in [-0.39, 0.29) is 36.2 Å². The van der Waals surface area contributed by atoms with E-state index >= 15 is 0 Å². The molecule has 130 valence electrons. The van der Waals surface area contributed by atoms with Crippen LogP contribution in [0.4, 0.5) is 0 Å². The molecule has 0 aliphatic heterocycles. The highest BCUT2D eigenvalue weighted by atomic mass is 16.3. The molecule has 1 atom stereocenters. The van der Waals surface area contributed by atoms with E-state index in [4.69, 9.17) is 9.52 Å². The van der Waals surface area contributed by atoms with Crippen molar-refractivity contribution in [3.8, 4) is 0 Å². The van der Waals surface area contributed by atoms with E-state index in [0.717, 1.165) is 18.2 Å². The van der Waals surface area contributed by atoms with Gasteiger partial charge in [-0.3, -0.25) is 14.2 Å². The second-order valence-corrected chi connectivity index (χ2v) is 6.48. The molecule has 1 unspecified atom stereocenters. The van der Waals surface area contributed by atoms with E-state index < -0.39 is 0 Å². The number of amides is 1. The molecule has 0 bridgehead atoms. The van der Waals surface area contributed by atoms with Crippen molar-refractivity contribution in [3.05, 3.63) is 40.9 Å². The minimum absolute atomic E-state index is 0.0314.